The largest absolute Gasteiger partial charge is 0.271 e. The van der Waals surface area contributed by atoms with Gasteiger partial charge in [-0.3, -0.25) is 4.67 Å². The van der Waals surface area contributed by atoms with Crippen LogP contribution in [0.25, 0.3) is 0 Å². The molecule has 0 aromatic rings. The summed E-state index contributed by atoms with van der Waals surface area (Å²) < 4.78 is 2.33. The van der Waals surface area contributed by atoms with Crippen molar-refractivity contribution < 1.29 is 0 Å². The third-order valence-electron chi connectivity index (χ3n) is 1.91. The standard InChI is InChI=1S/C7H12NP/c1-4-7-5-6-9(3)8(7)2/h1,7H,5-6H2,2-3H3. The first kappa shape index (κ1) is 7.06. The van der Waals surface area contributed by atoms with Gasteiger partial charge in [-0.2, -0.15) is 0 Å². The molecule has 1 aliphatic heterocycles. The quantitative estimate of drug-likeness (QED) is 0.363. The molecule has 2 heteroatoms. The summed E-state index contributed by atoms with van der Waals surface area (Å²) in [7, 11) is 2.25. The molecule has 0 radical (unpaired) electrons. The first-order valence-corrected chi connectivity index (χ1v) is 5.08. The van der Waals surface area contributed by atoms with E-state index in [1.54, 1.807) is 0 Å². The third kappa shape index (κ3) is 1.26. The predicted octanol–water partition coefficient (Wildman–Crippen LogP) is 1.35. The molecule has 1 aliphatic rings. The van der Waals surface area contributed by atoms with Crippen molar-refractivity contribution in [1.29, 1.82) is 0 Å². The Morgan fingerprint density at radius 1 is 1.78 bits per heavy atom. The molecule has 9 heavy (non-hydrogen) atoms. The van der Waals surface area contributed by atoms with Crippen LogP contribution in [-0.4, -0.2) is 30.6 Å². The minimum absolute atomic E-state index is 0.119. The zero-order chi connectivity index (χ0) is 6.85. The molecule has 0 aromatic carbocycles. The number of hydrogen-bond acceptors (Lipinski definition) is 1. The second-order valence-electron chi connectivity index (χ2n) is 2.43. The van der Waals surface area contributed by atoms with Gasteiger partial charge in [0.1, 0.15) is 0 Å². The molecule has 0 aliphatic carbocycles. The van der Waals surface area contributed by atoms with Gasteiger partial charge in [0.25, 0.3) is 0 Å². The van der Waals surface area contributed by atoms with E-state index < -0.39 is 0 Å². The van der Waals surface area contributed by atoms with Gasteiger partial charge in [0, 0.05) is 0 Å². The lowest BCUT2D eigenvalue weighted by atomic mass is 10.2. The lowest BCUT2D eigenvalue weighted by molar-refractivity contribution is 0.503. The normalized spacial score (nSPS) is 36.6. The van der Waals surface area contributed by atoms with Crippen molar-refractivity contribution in [1.82, 2.24) is 4.67 Å². The Kier molecular flexibility index (Phi) is 2.11. The molecular weight excluding hydrogens is 129 g/mol. The predicted molar refractivity (Wildman–Crippen MR) is 42.7 cm³/mol. The van der Waals surface area contributed by atoms with Crippen LogP contribution in [0.3, 0.4) is 0 Å². The molecule has 1 nitrogen and oxygen atoms in total. The molecule has 0 spiro atoms. The van der Waals surface area contributed by atoms with E-state index >= 15 is 0 Å². The molecule has 1 saturated heterocycles. The Morgan fingerprint density at radius 3 is 2.67 bits per heavy atom. The molecule has 0 saturated carbocycles. The maximum Gasteiger partial charge on any atom is 0.0746 e. The highest BCUT2D eigenvalue weighted by Crippen LogP contribution is 2.43. The molecule has 0 bridgehead atoms. The number of nitrogens with zero attached hydrogens (tertiary/aromatic N) is 1. The summed E-state index contributed by atoms with van der Waals surface area (Å²) >= 11 is 0. The van der Waals surface area contributed by atoms with Crippen LogP contribution in [0.1, 0.15) is 6.42 Å². The summed E-state index contributed by atoms with van der Waals surface area (Å²) in [6.07, 6.45) is 7.83. The Balaban J connectivity index is 2.54. The SMILES string of the molecule is C#CC1CCP(C)N1C. The van der Waals surface area contributed by atoms with Crippen LogP contribution in [0.5, 0.6) is 0 Å². The average molecular weight is 141 g/mol. The van der Waals surface area contributed by atoms with E-state index in [4.69, 9.17) is 6.42 Å². The molecule has 1 rings (SSSR count). The highest BCUT2D eigenvalue weighted by Gasteiger charge is 2.24. The van der Waals surface area contributed by atoms with Gasteiger partial charge in [0.05, 0.1) is 6.04 Å². The minimum atomic E-state index is 0.119. The van der Waals surface area contributed by atoms with Crippen LogP contribution in [0, 0.1) is 12.3 Å². The highest BCUT2D eigenvalue weighted by molar-refractivity contribution is 7.54. The number of hydrogen-bond donors (Lipinski definition) is 0. The first-order valence-electron chi connectivity index (χ1n) is 3.15. The number of terminal acetylenes is 1. The summed E-state index contributed by atoms with van der Waals surface area (Å²) in [6, 6.07) is 0.432. The first-order chi connectivity index (χ1) is 4.25. The van der Waals surface area contributed by atoms with Gasteiger partial charge in [-0.25, -0.2) is 0 Å². The van der Waals surface area contributed by atoms with E-state index in [2.05, 4.69) is 24.3 Å². The summed E-state index contributed by atoms with van der Waals surface area (Å²) in [5.74, 6) is 2.79. The van der Waals surface area contributed by atoms with E-state index in [1.807, 2.05) is 0 Å². The Hall–Kier alpha value is -0.0500. The summed E-state index contributed by atoms with van der Waals surface area (Å²) in [4.78, 5) is 0. The van der Waals surface area contributed by atoms with Gasteiger partial charge in [-0.15, -0.1) is 6.42 Å². The Labute approximate surface area is 58.2 Å². The minimum Gasteiger partial charge on any atom is -0.271 e. The topological polar surface area (TPSA) is 3.24 Å². The average Bonchev–Trinajstić information content (AvgIpc) is 2.15. The van der Waals surface area contributed by atoms with Crippen molar-refractivity contribution in [2.24, 2.45) is 0 Å². The van der Waals surface area contributed by atoms with E-state index in [0.29, 0.717) is 6.04 Å². The third-order valence-corrected chi connectivity index (χ3v) is 4.17. The lowest BCUT2D eigenvalue weighted by Crippen LogP contribution is -2.18. The van der Waals surface area contributed by atoms with E-state index in [1.165, 1.54) is 12.6 Å². The van der Waals surface area contributed by atoms with E-state index in [-0.39, 0.29) is 8.07 Å². The molecule has 1 fully saturated rings. The maximum atomic E-state index is 5.31. The second-order valence-corrected chi connectivity index (χ2v) is 4.82. The van der Waals surface area contributed by atoms with Crippen molar-refractivity contribution in [3.63, 3.8) is 0 Å². The molecule has 2 unspecified atom stereocenters. The molecular formula is C7H12NP. The van der Waals surface area contributed by atoms with Crippen LogP contribution in [0.15, 0.2) is 0 Å². The van der Waals surface area contributed by atoms with Crippen LogP contribution in [-0.2, 0) is 0 Å². The summed E-state index contributed by atoms with van der Waals surface area (Å²) in [5.41, 5.74) is 0. The van der Waals surface area contributed by atoms with Crippen molar-refractivity contribution in [3.05, 3.63) is 0 Å². The number of rotatable bonds is 0. The van der Waals surface area contributed by atoms with Gasteiger partial charge >= 0.3 is 0 Å². The second kappa shape index (κ2) is 2.69. The molecule has 50 valence electrons. The Morgan fingerprint density at radius 2 is 2.44 bits per heavy atom. The van der Waals surface area contributed by atoms with Crippen LogP contribution < -0.4 is 0 Å². The van der Waals surface area contributed by atoms with Gasteiger partial charge in [0.2, 0.25) is 0 Å². The fourth-order valence-corrected chi connectivity index (χ4v) is 2.67. The molecule has 0 amide bonds. The lowest BCUT2D eigenvalue weighted by Gasteiger charge is -2.18. The van der Waals surface area contributed by atoms with Gasteiger partial charge in [-0.05, 0) is 34.4 Å². The van der Waals surface area contributed by atoms with Crippen LogP contribution in [0.4, 0.5) is 0 Å². The zero-order valence-electron chi connectivity index (χ0n) is 5.96. The van der Waals surface area contributed by atoms with Crippen LogP contribution >= 0.6 is 8.07 Å². The van der Waals surface area contributed by atoms with Gasteiger partial charge in [0.15, 0.2) is 0 Å². The summed E-state index contributed by atoms with van der Waals surface area (Å²) in [6.45, 7) is 2.28. The van der Waals surface area contributed by atoms with E-state index in [9.17, 15) is 0 Å². The maximum absolute atomic E-state index is 5.31. The monoisotopic (exact) mass is 141 g/mol. The fraction of sp³-hybridized carbons (Fsp3) is 0.714. The zero-order valence-corrected chi connectivity index (χ0v) is 6.86. The van der Waals surface area contributed by atoms with Crippen molar-refractivity contribution in [2.75, 3.05) is 19.9 Å². The van der Waals surface area contributed by atoms with Crippen LogP contribution in [0.2, 0.25) is 0 Å². The molecule has 0 N–H and O–H groups in total. The highest BCUT2D eigenvalue weighted by atomic mass is 31.1. The molecule has 2 atom stereocenters. The van der Waals surface area contributed by atoms with Crippen molar-refractivity contribution in [2.45, 2.75) is 12.5 Å². The van der Waals surface area contributed by atoms with Crippen molar-refractivity contribution >= 4 is 8.07 Å². The van der Waals surface area contributed by atoms with E-state index in [0.717, 1.165) is 0 Å². The van der Waals surface area contributed by atoms with Gasteiger partial charge < -0.3 is 0 Å². The molecule has 1 heterocycles. The fourth-order valence-electron chi connectivity index (χ4n) is 1.08. The molecule has 0 aromatic heterocycles. The summed E-state index contributed by atoms with van der Waals surface area (Å²) in [5, 5.41) is 0. The van der Waals surface area contributed by atoms with Gasteiger partial charge in [-0.1, -0.05) is 5.92 Å². The smallest absolute Gasteiger partial charge is 0.0746 e. The Bertz CT molecular complexity index is 138. The van der Waals surface area contributed by atoms with Crippen molar-refractivity contribution in [3.8, 4) is 12.3 Å².